The zero-order valence-electron chi connectivity index (χ0n) is 14.8. The number of carbonyl (C=O) groups excluding carboxylic acids is 1. The summed E-state index contributed by atoms with van der Waals surface area (Å²) in [5, 5.41) is 1.73. The number of benzene rings is 3. The molecule has 1 heterocycles. The van der Waals surface area contributed by atoms with E-state index in [0.717, 1.165) is 22.2 Å². The van der Waals surface area contributed by atoms with E-state index < -0.39 is 0 Å². The number of aromatic nitrogens is 1. The highest BCUT2D eigenvalue weighted by atomic mass is 35.5. The lowest BCUT2D eigenvalue weighted by Crippen LogP contribution is -2.33. The first-order chi connectivity index (χ1) is 13.2. The van der Waals surface area contributed by atoms with Crippen LogP contribution in [-0.2, 0) is 17.9 Å². The number of fused-ring (bicyclic) bond motifs is 1. The number of anilines is 1. The molecule has 0 saturated heterocycles. The van der Waals surface area contributed by atoms with Crippen LogP contribution in [0.1, 0.15) is 5.56 Å². The Hall–Kier alpha value is -3.04. The minimum absolute atomic E-state index is 0.0394. The largest absolute Gasteiger partial charge is 0.338 e. The molecule has 0 saturated carbocycles. The number of hydrogen-bond donors (Lipinski definition) is 0. The lowest BCUT2D eigenvalue weighted by Gasteiger charge is -2.23. The molecule has 0 aliphatic heterocycles. The molecule has 1 amide bonds. The van der Waals surface area contributed by atoms with E-state index in [4.69, 9.17) is 11.6 Å². The van der Waals surface area contributed by atoms with E-state index in [1.807, 2.05) is 101 Å². The lowest BCUT2D eigenvalue weighted by atomic mass is 10.2. The van der Waals surface area contributed by atoms with Gasteiger partial charge in [0.15, 0.2) is 0 Å². The van der Waals surface area contributed by atoms with Gasteiger partial charge in [0.2, 0.25) is 5.91 Å². The molecule has 1 aromatic heterocycles. The van der Waals surface area contributed by atoms with Crippen molar-refractivity contribution in [1.82, 2.24) is 4.57 Å². The smallest absolute Gasteiger partial charge is 0.247 e. The van der Waals surface area contributed by atoms with Gasteiger partial charge in [-0.05, 0) is 42.0 Å². The first kappa shape index (κ1) is 17.4. The van der Waals surface area contributed by atoms with Crippen LogP contribution in [0.3, 0.4) is 0 Å². The van der Waals surface area contributed by atoms with Crippen molar-refractivity contribution in [3.8, 4) is 0 Å². The normalized spacial score (nSPS) is 10.9. The van der Waals surface area contributed by atoms with E-state index in [-0.39, 0.29) is 12.5 Å². The zero-order valence-corrected chi connectivity index (χ0v) is 15.5. The summed E-state index contributed by atoms with van der Waals surface area (Å²) in [6.45, 7) is 0.807. The fourth-order valence-corrected chi connectivity index (χ4v) is 3.42. The van der Waals surface area contributed by atoms with Crippen molar-refractivity contribution in [3.05, 3.63) is 102 Å². The summed E-state index contributed by atoms with van der Waals surface area (Å²) < 4.78 is 1.97. The highest BCUT2D eigenvalue weighted by Gasteiger charge is 2.17. The number of amides is 1. The summed E-state index contributed by atoms with van der Waals surface area (Å²) in [7, 11) is 0. The molecule has 27 heavy (non-hydrogen) atoms. The summed E-state index contributed by atoms with van der Waals surface area (Å²) in [6, 6.07) is 27.5. The van der Waals surface area contributed by atoms with Crippen LogP contribution >= 0.6 is 11.6 Å². The third-order valence-electron chi connectivity index (χ3n) is 4.59. The fourth-order valence-electron chi connectivity index (χ4n) is 3.24. The number of halogens is 1. The molecule has 0 N–H and O–H groups in total. The SMILES string of the molecule is O=C(Cn1ccc2cc(Cl)ccc21)N(Cc1ccccc1)c1ccccc1. The van der Waals surface area contributed by atoms with Crippen LogP contribution in [0.25, 0.3) is 10.9 Å². The summed E-state index contributed by atoms with van der Waals surface area (Å²) >= 11 is 6.07. The Morgan fingerprint density at radius 2 is 1.59 bits per heavy atom. The van der Waals surface area contributed by atoms with E-state index in [1.165, 1.54) is 0 Å². The van der Waals surface area contributed by atoms with Gasteiger partial charge in [0.05, 0.1) is 6.54 Å². The summed E-state index contributed by atoms with van der Waals surface area (Å²) in [5.41, 5.74) is 2.99. The van der Waals surface area contributed by atoms with Gasteiger partial charge in [-0.15, -0.1) is 0 Å². The minimum Gasteiger partial charge on any atom is -0.338 e. The predicted octanol–water partition coefficient (Wildman–Crippen LogP) is 5.53. The Kier molecular flexibility index (Phi) is 4.95. The van der Waals surface area contributed by atoms with E-state index in [2.05, 4.69) is 0 Å². The van der Waals surface area contributed by atoms with Crippen molar-refractivity contribution in [1.29, 1.82) is 0 Å². The molecule has 4 heteroatoms. The third-order valence-corrected chi connectivity index (χ3v) is 4.83. The lowest BCUT2D eigenvalue weighted by molar-refractivity contribution is -0.119. The molecule has 0 spiro atoms. The molecule has 134 valence electrons. The van der Waals surface area contributed by atoms with Crippen LogP contribution in [0.2, 0.25) is 5.02 Å². The van der Waals surface area contributed by atoms with Crippen LogP contribution in [-0.4, -0.2) is 10.5 Å². The Bertz CT molecular complexity index is 1060. The Balaban J connectivity index is 1.63. The predicted molar refractivity (Wildman–Crippen MR) is 111 cm³/mol. The maximum Gasteiger partial charge on any atom is 0.247 e. The molecule has 0 fully saturated rings. The van der Waals surface area contributed by atoms with E-state index in [1.54, 1.807) is 0 Å². The molecule has 0 aliphatic rings. The van der Waals surface area contributed by atoms with Crippen LogP contribution in [0, 0.1) is 0 Å². The average molecular weight is 375 g/mol. The molecule has 0 bridgehead atoms. The average Bonchev–Trinajstić information content (AvgIpc) is 3.09. The molecular weight excluding hydrogens is 356 g/mol. The van der Waals surface area contributed by atoms with Crippen LogP contribution in [0.4, 0.5) is 5.69 Å². The quantitative estimate of drug-likeness (QED) is 0.451. The Labute approximate surface area is 163 Å². The van der Waals surface area contributed by atoms with Gasteiger partial charge in [0.25, 0.3) is 0 Å². The summed E-state index contributed by atoms with van der Waals surface area (Å²) in [4.78, 5) is 15.0. The molecule has 0 unspecified atom stereocenters. The van der Waals surface area contributed by atoms with Gasteiger partial charge in [0, 0.05) is 27.8 Å². The van der Waals surface area contributed by atoms with E-state index >= 15 is 0 Å². The minimum atomic E-state index is 0.0394. The van der Waals surface area contributed by atoms with Crippen LogP contribution < -0.4 is 4.90 Å². The molecule has 3 aromatic carbocycles. The molecular formula is C23H19ClN2O. The molecule has 0 atom stereocenters. The Morgan fingerprint density at radius 3 is 2.33 bits per heavy atom. The second kappa shape index (κ2) is 7.68. The first-order valence-corrected chi connectivity index (χ1v) is 9.22. The molecule has 4 aromatic rings. The van der Waals surface area contributed by atoms with Crippen molar-refractivity contribution >= 4 is 34.1 Å². The van der Waals surface area contributed by atoms with Gasteiger partial charge in [-0.25, -0.2) is 0 Å². The standard InChI is InChI=1S/C23H19ClN2O/c24-20-11-12-22-19(15-20)13-14-25(22)17-23(27)26(21-9-5-2-6-10-21)16-18-7-3-1-4-8-18/h1-15H,16-17H2. The number of rotatable bonds is 5. The van der Waals surface area contributed by atoms with E-state index in [9.17, 15) is 4.79 Å². The van der Waals surface area contributed by atoms with Gasteiger partial charge in [0.1, 0.15) is 6.54 Å². The molecule has 0 aliphatic carbocycles. The highest BCUT2D eigenvalue weighted by molar-refractivity contribution is 6.31. The molecule has 3 nitrogen and oxygen atoms in total. The van der Waals surface area contributed by atoms with Crippen molar-refractivity contribution in [2.45, 2.75) is 13.1 Å². The van der Waals surface area contributed by atoms with Crippen molar-refractivity contribution < 1.29 is 4.79 Å². The van der Waals surface area contributed by atoms with Gasteiger partial charge in [-0.3, -0.25) is 4.79 Å². The third kappa shape index (κ3) is 3.88. The van der Waals surface area contributed by atoms with Crippen molar-refractivity contribution in [2.24, 2.45) is 0 Å². The van der Waals surface area contributed by atoms with Crippen molar-refractivity contribution in [3.63, 3.8) is 0 Å². The van der Waals surface area contributed by atoms with Gasteiger partial charge < -0.3 is 9.47 Å². The highest BCUT2D eigenvalue weighted by Crippen LogP contribution is 2.22. The van der Waals surface area contributed by atoms with Crippen LogP contribution in [0.5, 0.6) is 0 Å². The summed E-state index contributed by atoms with van der Waals surface area (Å²) in [5.74, 6) is 0.0394. The summed E-state index contributed by atoms with van der Waals surface area (Å²) in [6.07, 6.45) is 1.94. The fraction of sp³-hybridized carbons (Fsp3) is 0.0870. The topological polar surface area (TPSA) is 25.2 Å². The number of carbonyl (C=O) groups is 1. The molecule has 0 radical (unpaired) electrons. The van der Waals surface area contributed by atoms with Crippen LogP contribution in [0.15, 0.2) is 91.1 Å². The van der Waals surface area contributed by atoms with Crippen molar-refractivity contribution in [2.75, 3.05) is 4.90 Å². The zero-order chi connectivity index (χ0) is 18.6. The number of hydrogen-bond acceptors (Lipinski definition) is 1. The molecule has 4 rings (SSSR count). The maximum absolute atomic E-state index is 13.2. The van der Waals surface area contributed by atoms with E-state index in [0.29, 0.717) is 11.6 Å². The monoisotopic (exact) mass is 374 g/mol. The van der Waals surface area contributed by atoms with Gasteiger partial charge in [-0.2, -0.15) is 0 Å². The maximum atomic E-state index is 13.2. The second-order valence-electron chi connectivity index (χ2n) is 6.45. The van der Waals surface area contributed by atoms with Gasteiger partial charge >= 0.3 is 0 Å². The number of nitrogens with zero attached hydrogens (tertiary/aromatic N) is 2. The first-order valence-electron chi connectivity index (χ1n) is 8.84. The Morgan fingerprint density at radius 1 is 0.889 bits per heavy atom. The number of para-hydroxylation sites is 1. The van der Waals surface area contributed by atoms with Gasteiger partial charge in [-0.1, -0.05) is 60.1 Å². The second-order valence-corrected chi connectivity index (χ2v) is 6.88.